The molecule has 1 aromatic heterocycles. The van der Waals surface area contributed by atoms with Crippen LogP contribution in [0.2, 0.25) is 0 Å². The summed E-state index contributed by atoms with van der Waals surface area (Å²) in [6, 6.07) is 84.2. The maximum Gasteiger partial charge on any atom is 0.136 e. The molecule has 2 heteroatoms. The maximum atomic E-state index is 6.28. The zero-order valence-corrected chi connectivity index (χ0v) is 31.9. The summed E-state index contributed by atoms with van der Waals surface area (Å²) in [6.45, 7) is 0. The van der Waals surface area contributed by atoms with Crippen LogP contribution in [0.25, 0.3) is 77.9 Å². The quantitative estimate of drug-likeness (QED) is 0.146. The highest BCUT2D eigenvalue weighted by Gasteiger charge is 2.18. The normalized spacial score (nSPS) is 11.1. The van der Waals surface area contributed by atoms with Crippen LogP contribution in [0.4, 0.5) is 17.1 Å². The Kier molecular flexibility index (Phi) is 9.27. The summed E-state index contributed by atoms with van der Waals surface area (Å²) in [6.07, 6.45) is 0. The van der Waals surface area contributed by atoms with Gasteiger partial charge in [-0.1, -0.05) is 194 Å². The number of para-hydroxylation sites is 2. The summed E-state index contributed by atoms with van der Waals surface area (Å²) >= 11 is 0. The first kappa shape index (κ1) is 34.8. The summed E-state index contributed by atoms with van der Waals surface area (Å²) in [5, 5.41) is 1.11. The number of furan rings is 1. The second-order valence-electron chi connectivity index (χ2n) is 14.5. The first-order valence-electron chi connectivity index (χ1n) is 19.7. The van der Waals surface area contributed by atoms with E-state index in [0.29, 0.717) is 0 Å². The van der Waals surface area contributed by atoms with E-state index in [9.17, 15) is 0 Å². The van der Waals surface area contributed by atoms with E-state index in [1.165, 1.54) is 33.4 Å². The standard InChI is InChI=1S/C56H39NO/c1-3-13-40(14-4-1)41-23-25-42(26-24-41)44-31-35-49(36-32-44)57(54-21-11-10-19-52(54)46-15-5-2-6-16-46)50-37-33-45(34-38-50)43-27-29-47(30-28-43)51-18-8-9-20-53(51)56-39-48-17-7-12-22-55(48)58-56/h1-39H. The van der Waals surface area contributed by atoms with E-state index in [4.69, 9.17) is 4.42 Å². The van der Waals surface area contributed by atoms with Crippen molar-refractivity contribution in [1.29, 1.82) is 0 Å². The van der Waals surface area contributed by atoms with Crippen LogP contribution < -0.4 is 4.90 Å². The minimum absolute atomic E-state index is 0.877. The van der Waals surface area contributed by atoms with E-state index in [1.54, 1.807) is 0 Å². The molecule has 0 saturated carbocycles. The van der Waals surface area contributed by atoms with E-state index < -0.39 is 0 Å². The summed E-state index contributed by atoms with van der Waals surface area (Å²) in [7, 11) is 0. The third-order valence-electron chi connectivity index (χ3n) is 11.0. The highest BCUT2D eigenvalue weighted by Crippen LogP contribution is 2.42. The van der Waals surface area contributed by atoms with Gasteiger partial charge in [-0.2, -0.15) is 0 Å². The highest BCUT2D eigenvalue weighted by atomic mass is 16.3. The van der Waals surface area contributed by atoms with Gasteiger partial charge in [-0.15, -0.1) is 0 Å². The minimum atomic E-state index is 0.877. The molecule has 0 aliphatic rings. The van der Waals surface area contributed by atoms with Crippen molar-refractivity contribution >= 4 is 28.0 Å². The second kappa shape index (κ2) is 15.5. The molecule has 10 aromatic rings. The molecule has 0 N–H and O–H groups in total. The van der Waals surface area contributed by atoms with Crippen molar-refractivity contribution in [3.63, 3.8) is 0 Å². The van der Waals surface area contributed by atoms with Crippen LogP contribution in [-0.2, 0) is 0 Å². The smallest absolute Gasteiger partial charge is 0.136 e. The molecule has 10 rings (SSSR count). The van der Waals surface area contributed by atoms with Crippen molar-refractivity contribution < 1.29 is 4.42 Å². The number of fused-ring (bicyclic) bond motifs is 1. The predicted octanol–water partition coefficient (Wildman–Crippen LogP) is 15.9. The number of rotatable bonds is 9. The van der Waals surface area contributed by atoms with Gasteiger partial charge in [0.1, 0.15) is 11.3 Å². The fourth-order valence-corrected chi connectivity index (χ4v) is 7.96. The van der Waals surface area contributed by atoms with Crippen LogP contribution in [0.1, 0.15) is 0 Å². The molecule has 1 heterocycles. The van der Waals surface area contributed by atoms with Gasteiger partial charge in [0.15, 0.2) is 0 Å². The van der Waals surface area contributed by atoms with Crippen molar-refractivity contribution in [2.24, 2.45) is 0 Å². The predicted molar refractivity (Wildman–Crippen MR) is 244 cm³/mol. The molecular formula is C56H39NO. The average Bonchev–Trinajstić information content (AvgIpc) is 3.75. The van der Waals surface area contributed by atoms with Crippen LogP contribution in [0.15, 0.2) is 241 Å². The monoisotopic (exact) mass is 741 g/mol. The molecule has 0 aliphatic heterocycles. The molecule has 0 aliphatic carbocycles. The van der Waals surface area contributed by atoms with E-state index in [2.05, 4.69) is 223 Å². The first-order chi connectivity index (χ1) is 28.7. The van der Waals surface area contributed by atoms with Gasteiger partial charge in [0, 0.05) is 27.9 Å². The number of nitrogens with zero attached hydrogens (tertiary/aromatic N) is 1. The van der Waals surface area contributed by atoms with Crippen LogP contribution in [0, 0.1) is 0 Å². The van der Waals surface area contributed by atoms with Crippen LogP contribution >= 0.6 is 0 Å². The molecule has 9 aromatic carbocycles. The summed E-state index contributed by atoms with van der Waals surface area (Å²) in [5.74, 6) is 0.877. The number of hydrogen-bond acceptors (Lipinski definition) is 2. The lowest BCUT2D eigenvalue weighted by Gasteiger charge is -2.28. The van der Waals surface area contributed by atoms with Gasteiger partial charge in [-0.3, -0.25) is 0 Å². The zero-order valence-electron chi connectivity index (χ0n) is 31.9. The molecule has 0 radical (unpaired) electrons. The molecule has 0 amide bonds. The van der Waals surface area contributed by atoms with E-state index in [-0.39, 0.29) is 0 Å². The summed E-state index contributed by atoms with van der Waals surface area (Å²) in [4.78, 5) is 2.37. The van der Waals surface area contributed by atoms with Gasteiger partial charge >= 0.3 is 0 Å². The lowest BCUT2D eigenvalue weighted by molar-refractivity contribution is 0.632. The van der Waals surface area contributed by atoms with E-state index >= 15 is 0 Å². The fourth-order valence-electron chi connectivity index (χ4n) is 7.96. The SMILES string of the molecule is c1ccc(-c2ccc(-c3ccc(N(c4ccc(-c5ccc(-c6ccccc6-c6cc7ccccc7o6)cc5)cc4)c4ccccc4-c4ccccc4)cc3)cc2)cc1. The van der Waals surface area contributed by atoms with Gasteiger partial charge in [0.2, 0.25) is 0 Å². The molecule has 0 fully saturated rings. The molecule has 0 atom stereocenters. The Morgan fingerprint density at radius 3 is 1.21 bits per heavy atom. The van der Waals surface area contributed by atoms with Gasteiger partial charge in [0.05, 0.1) is 5.69 Å². The average molecular weight is 742 g/mol. The van der Waals surface area contributed by atoms with E-state index in [0.717, 1.165) is 61.6 Å². The largest absolute Gasteiger partial charge is 0.456 e. The van der Waals surface area contributed by atoms with Gasteiger partial charge in [0.25, 0.3) is 0 Å². The van der Waals surface area contributed by atoms with Crippen molar-refractivity contribution in [3.05, 3.63) is 237 Å². The lowest BCUT2D eigenvalue weighted by Crippen LogP contribution is -2.11. The molecule has 0 spiro atoms. The second-order valence-corrected chi connectivity index (χ2v) is 14.5. The number of hydrogen-bond donors (Lipinski definition) is 0. The Bertz CT molecular complexity index is 2910. The van der Waals surface area contributed by atoms with Gasteiger partial charge in [-0.25, -0.2) is 0 Å². The summed E-state index contributed by atoms with van der Waals surface area (Å²) < 4.78 is 6.28. The highest BCUT2D eigenvalue weighted by molar-refractivity contribution is 5.90. The Morgan fingerprint density at radius 2 is 0.655 bits per heavy atom. The Balaban J connectivity index is 0.970. The van der Waals surface area contributed by atoms with Crippen molar-refractivity contribution in [3.8, 4) is 67.0 Å². The minimum Gasteiger partial charge on any atom is -0.456 e. The van der Waals surface area contributed by atoms with Crippen molar-refractivity contribution in [2.45, 2.75) is 0 Å². The lowest BCUT2D eigenvalue weighted by atomic mass is 9.95. The number of anilines is 3. The Morgan fingerprint density at radius 1 is 0.276 bits per heavy atom. The van der Waals surface area contributed by atoms with Crippen molar-refractivity contribution in [2.75, 3.05) is 4.90 Å². The summed E-state index contributed by atoms with van der Waals surface area (Å²) in [5.41, 5.74) is 17.1. The molecule has 58 heavy (non-hydrogen) atoms. The molecular weight excluding hydrogens is 703 g/mol. The van der Waals surface area contributed by atoms with E-state index in [1.807, 2.05) is 18.2 Å². The Labute approximate surface area is 339 Å². The third-order valence-corrected chi connectivity index (χ3v) is 11.0. The van der Waals surface area contributed by atoms with Crippen molar-refractivity contribution in [1.82, 2.24) is 0 Å². The first-order valence-corrected chi connectivity index (χ1v) is 19.7. The Hall–Kier alpha value is -7.68. The zero-order chi connectivity index (χ0) is 38.7. The fraction of sp³-hybridized carbons (Fsp3) is 0. The number of benzene rings is 9. The molecule has 0 unspecified atom stereocenters. The molecule has 274 valence electrons. The van der Waals surface area contributed by atoms with Gasteiger partial charge < -0.3 is 9.32 Å². The van der Waals surface area contributed by atoms with Crippen LogP contribution in [0.5, 0.6) is 0 Å². The molecule has 0 bridgehead atoms. The maximum absolute atomic E-state index is 6.28. The molecule has 0 saturated heterocycles. The molecule has 2 nitrogen and oxygen atoms in total. The topological polar surface area (TPSA) is 16.4 Å². The van der Waals surface area contributed by atoms with Crippen LogP contribution in [0.3, 0.4) is 0 Å². The third kappa shape index (κ3) is 6.89. The van der Waals surface area contributed by atoms with Crippen LogP contribution in [-0.4, -0.2) is 0 Å². The van der Waals surface area contributed by atoms with Gasteiger partial charge in [-0.05, 0) is 92.5 Å².